The number of nitrogens with zero attached hydrogens (tertiary/aromatic N) is 5. The van der Waals surface area contributed by atoms with Crippen LogP contribution >= 0.6 is 11.6 Å². The topological polar surface area (TPSA) is 94.8 Å². The molecule has 11 heteroatoms. The van der Waals surface area contributed by atoms with Gasteiger partial charge in [-0.25, -0.2) is 9.37 Å². The summed E-state index contributed by atoms with van der Waals surface area (Å²) in [6.45, 7) is 4.75. The lowest BCUT2D eigenvalue weighted by molar-refractivity contribution is -0.199. The molecule has 3 saturated heterocycles. The molecule has 0 amide bonds. The van der Waals surface area contributed by atoms with E-state index in [0.29, 0.717) is 30.1 Å². The molecule has 0 unspecified atom stereocenters. The highest BCUT2D eigenvalue weighted by molar-refractivity contribution is 6.28. The molecule has 1 aromatic carbocycles. The van der Waals surface area contributed by atoms with Crippen molar-refractivity contribution in [2.75, 3.05) is 24.6 Å². The molecular formula is C24H25ClFN5O4. The number of ether oxygens (including phenoxy) is 3. The Balaban J connectivity index is 1.23. The molecular weight excluding hydrogens is 477 g/mol. The summed E-state index contributed by atoms with van der Waals surface area (Å²) in [6, 6.07) is 5.34. The Morgan fingerprint density at radius 2 is 2.00 bits per heavy atom. The quantitative estimate of drug-likeness (QED) is 0.547. The van der Waals surface area contributed by atoms with Crippen LogP contribution in [0.3, 0.4) is 0 Å². The van der Waals surface area contributed by atoms with Crippen LogP contribution in [-0.4, -0.2) is 68.4 Å². The van der Waals surface area contributed by atoms with Gasteiger partial charge in [0.2, 0.25) is 5.28 Å². The number of fused-ring (bicyclic) bond motifs is 4. The predicted molar refractivity (Wildman–Crippen MR) is 124 cm³/mol. The van der Waals surface area contributed by atoms with Crippen LogP contribution in [0.5, 0.6) is 0 Å². The van der Waals surface area contributed by atoms with E-state index in [1.807, 2.05) is 19.9 Å². The fourth-order valence-corrected chi connectivity index (χ4v) is 6.49. The molecule has 9 nitrogen and oxygen atoms in total. The van der Waals surface area contributed by atoms with Gasteiger partial charge in [0.25, 0.3) is 0 Å². The van der Waals surface area contributed by atoms with Gasteiger partial charge in [0, 0.05) is 24.1 Å². The molecule has 2 aromatic heterocycles. The van der Waals surface area contributed by atoms with Crippen LogP contribution in [0.4, 0.5) is 10.2 Å². The van der Waals surface area contributed by atoms with Gasteiger partial charge in [0.15, 0.2) is 29.0 Å². The maximum atomic E-state index is 14.7. The molecule has 1 spiro atoms. The number of aliphatic hydroxyl groups excluding tert-OH is 1. The van der Waals surface area contributed by atoms with E-state index in [9.17, 15) is 9.50 Å². The van der Waals surface area contributed by atoms with Gasteiger partial charge < -0.3 is 24.2 Å². The monoisotopic (exact) mass is 501 g/mol. The van der Waals surface area contributed by atoms with Crippen LogP contribution in [0, 0.1) is 5.82 Å². The van der Waals surface area contributed by atoms with Crippen molar-refractivity contribution in [3.8, 4) is 0 Å². The molecule has 3 fully saturated rings. The largest absolute Gasteiger partial charge is 0.394 e. The number of anilines is 1. The van der Waals surface area contributed by atoms with E-state index in [2.05, 4.69) is 19.9 Å². The highest BCUT2D eigenvalue weighted by Gasteiger charge is 2.56. The van der Waals surface area contributed by atoms with Crippen molar-refractivity contribution in [3.05, 3.63) is 46.8 Å². The normalized spacial score (nSPS) is 30.1. The van der Waals surface area contributed by atoms with Gasteiger partial charge in [-0.15, -0.1) is 0 Å². The molecule has 184 valence electrons. The van der Waals surface area contributed by atoms with Crippen LogP contribution in [0.25, 0.3) is 11.2 Å². The Labute approximate surface area is 205 Å². The van der Waals surface area contributed by atoms with Gasteiger partial charge in [0.05, 0.1) is 12.9 Å². The number of aromatic nitrogens is 4. The number of rotatable bonds is 3. The second kappa shape index (κ2) is 7.33. The van der Waals surface area contributed by atoms with Gasteiger partial charge in [-0.3, -0.25) is 4.57 Å². The molecule has 4 atom stereocenters. The van der Waals surface area contributed by atoms with Crippen LogP contribution < -0.4 is 4.90 Å². The summed E-state index contributed by atoms with van der Waals surface area (Å²) in [5.41, 5.74) is 2.80. The zero-order chi connectivity index (χ0) is 24.1. The fraction of sp³-hybridized carbons (Fsp3) is 0.542. The molecule has 3 aliphatic heterocycles. The highest BCUT2D eigenvalue weighted by Crippen LogP contribution is 2.49. The predicted octanol–water partition coefficient (Wildman–Crippen LogP) is 2.73. The zero-order valence-electron chi connectivity index (χ0n) is 19.3. The third-order valence-corrected chi connectivity index (χ3v) is 7.91. The van der Waals surface area contributed by atoms with Crippen molar-refractivity contribution >= 4 is 28.6 Å². The van der Waals surface area contributed by atoms with E-state index in [-0.39, 0.29) is 23.1 Å². The number of hydrogen-bond acceptors (Lipinski definition) is 8. The van der Waals surface area contributed by atoms with Crippen molar-refractivity contribution < 1.29 is 23.7 Å². The third kappa shape index (κ3) is 3.10. The summed E-state index contributed by atoms with van der Waals surface area (Å²) < 4.78 is 34.7. The fourth-order valence-electron chi connectivity index (χ4n) is 6.33. The number of aryl methyl sites for hydroxylation is 1. The van der Waals surface area contributed by atoms with Crippen LogP contribution in [-0.2, 0) is 26.0 Å². The van der Waals surface area contributed by atoms with E-state index >= 15 is 0 Å². The first kappa shape index (κ1) is 21.9. The second-order valence-corrected chi connectivity index (χ2v) is 10.7. The number of halogens is 2. The molecule has 5 heterocycles. The van der Waals surface area contributed by atoms with Crippen LogP contribution in [0.2, 0.25) is 5.28 Å². The standard InChI is InChI=1S/C24H25ClFN5O4/c1-23(2)34-17-14(8-32)33-21(18(17)35-23)31-11-27-16-19(28-22(25)29-20(16)31)30-9-24(10-30)7-6-12-4-3-5-13(26)15(12)24/h3-5,11,14,17-18,21,32H,6-10H2,1-2H3/t14-,17-,18-,21-/m1/s1. The molecule has 4 aliphatic rings. The van der Waals surface area contributed by atoms with E-state index in [1.54, 1.807) is 23.0 Å². The number of hydrogen-bond donors (Lipinski definition) is 1. The molecule has 1 aliphatic carbocycles. The van der Waals surface area contributed by atoms with Crippen molar-refractivity contribution in [2.45, 2.75) is 62.4 Å². The van der Waals surface area contributed by atoms with Crippen molar-refractivity contribution in [1.82, 2.24) is 19.5 Å². The lowest BCUT2D eigenvalue weighted by atomic mass is 9.74. The first-order valence-corrected chi connectivity index (χ1v) is 12.2. The molecule has 3 aromatic rings. The average molecular weight is 502 g/mol. The van der Waals surface area contributed by atoms with E-state index < -0.39 is 30.3 Å². The van der Waals surface area contributed by atoms with Crippen molar-refractivity contribution in [3.63, 3.8) is 0 Å². The number of aliphatic hydroxyl groups is 1. The Hall–Kier alpha value is -2.37. The third-order valence-electron chi connectivity index (χ3n) is 7.74. The summed E-state index contributed by atoms with van der Waals surface area (Å²) in [5, 5.41) is 9.93. The van der Waals surface area contributed by atoms with Crippen molar-refractivity contribution in [2.24, 2.45) is 0 Å². The lowest BCUT2D eigenvalue weighted by Crippen LogP contribution is -2.59. The number of benzene rings is 1. The number of imidazole rings is 1. The Morgan fingerprint density at radius 1 is 1.20 bits per heavy atom. The summed E-state index contributed by atoms with van der Waals surface area (Å²) in [4.78, 5) is 15.6. The van der Waals surface area contributed by atoms with Gasteiger partial charge >= 0.3 is 0 Å². The first-order valence-electron chi connectivity index (χ1n) is 11.8. The molecule has 1 N–H and O–H groups in total. The maximum absolute atomic E-state index is 14.7. The molecule has 0 radical (unpaired) electrons. The van der Waals surface area contributed by atoms with Gasteiger partial charge in [-0.2, -0.15) is 9.97 Å². The van der Waals surface area contributed by atoms with E-state index in [4.69, 9.17) is 25.8 Å². The SMILES string of the molecule is CC1(C)O[C@@H]2[C@H](O1)[C@@H](CO)O[C@H]2n1cnc2c(N3CC4(CCc5cccc(F)c54)C3)nc(Cl)nc21. The van der Waals surface area contributed by atoms with E-state index in [1.165, 1.54) is 0 Å². The summed E-state index contributed by atoms with van der Waals surface area (Å²) in [6.07, 6.45) is 1.43. The van der Waals surface area contributed by atoms with Crippen molar-refractivity contribution in [1.29, 1.82) is 0 Å². The van der Waals surface area contributed by atoms with Crippen LogP contribution in [0.15, 0.2) is 24.5 Å². The minimum atomic E-state index is -0.794. The Morgan fingerprint density at radius 3 is 2.80 bits per heavy atom. The summed E-state index contributed by atoms with van der Waals surface area (Å²) in [5.74, 6) is -0.313. The highest BCUT2D eigenvalue weighted by atomic mass is 35.5. The minimum Gasteiger partial charge on any atom is -0.394 e. The van der Waals surface area contributed by atoms with Gasteiger partial charge in [-0.1, -0.05) is 12.1 Å². The Bertz CT molecular complexity index is 1340. The summed E-state index contributed by atoms with van der Waals surface area (Å²) >= 11 is 6.37. The smallest absolute Gasteiger partial charge is 0.226 e. The minimum absolute atomic E-state index is 0.0883. The Kier molecular flexibility index (Phi) is 4.58. The molecule has 0 saturated carbocycles. The molecule has 7 rings (SSSR count). The van der Waals surface area contributed by atoms with Gasteiger partial charge in [0.1, 0.15) is 24.1 Å². The zero-order valence-corrected chi connectivity index (χ0v) is 20.1. The molecule has 0 bridgehead atoms. The lowest BCUT2D eigenvalue weighted by Gasteiger charge is -2.49. The van der Waals surface area contributed by atoms with Crippen LogP contribution in [0.1, 0.15) is 37.6 Å². The maximum Gasteiger partial charge on any atom is 0.226 e. The van der Waals surface area contributed by atoms with Gasteiger partial charge in [-0.05, 0) is 49.9 Å². The summed E-state index contributed by atoms with van der Waals surface area (Å²) in [7, 11) is 0. The van der Waals surface area contributed by atoms with E-state index in [0.717, 1.165) is 24.0 Å². The average Bonchev–Trinajstić information content (AvgIpc) is 3.52. The second-order valence-electron chi connectivity index (χ2n) is 10.4. The molecule has 35 heavy (non-hydrogen) atoms. The first-order chi connectivity index (χ1) is 16.8.